The van der Waals surface area contributed by atoms with E-state index in [1.165, 1.54) is 22.0 Å². The van der Waals surface area contributed by atoms with Crippen LogP contribution in [0.3, 0.4) is 0 Å². The van der Waals surface area contributed by atoms with Gasteiger partial charge in [-0.15, -0.1) is 24.0 Å². The number of piperidine rings is 1. The van der Waals surface area contributed by atoms with Crippen molar-refractivity contribution in [3.8, 4) is 0 Å². The van der Waals surface area contributed by atoms with E-state index >= 15 is 0 Å². The average molecular weight is 528 g/mol. The van der Waals surface area contributed by atoms with Crippen molar-refractivity contribution in [1.29, 1.82) is 0 Å². The molecule has 0 bridgehead atoms. The maximum atomic E-state index is 5.98. The van der Waals surface area contributed by atoms with E-state index in [2.05, 4.69) is 53.4 Å². The minimum atomic E-state index is 0. The molecule has 168 valence electrons. The molecule has 2 N–H and O–H groups in total. The summed E-state index contributed by atoms with van der Waals surface area (Å²) in [5.41, 5.74) is 3.87. The highest BCUT2D eigenvalue weighted by Crippen LogP contribution is 2.21. The molecule has 0 saturated carbocycles. The van der Waals surface area contributed by atoms with Crippen LogP contribution in [0.25, 0.3) is 10.9 Å². The number of aromatic nitrogens is 1. The van der Waals surface area contributed by atoms with Crippen LogP contribution in [0.4, 0.5) is 0 Å². The van der Waals surface area contributed by atoms with Crippen molar-refractivity contribution in [3.05, 3.63) is 35.5 Å². The van der Waals surface area contributed by atoms with E-state index in [-0.39, 0.29) is 24.0 Å². The van der Waals surface area contributed by atoms with Crippen molar-refractivity contribution in [1.82, 2.24) is 15.2 Å². The van der Waals surface area contributed by atoms with Crippen LogP contribution >= 0.6 is 24.0 Å². The van der Waals surface area contributed by atoms with Crippen LogP contribution in [-0.2, 0) is 15.9 Å². The molecule has 1 aliphatic heterocycles. The fraction of sp³-hybridized carbons (Fsp3) is 0.609. The second-order valence-electron chi connectivity index (χ2n) is 7.70. The maximum Gasteiger partial charge on any atom is 0.193 e. The second kappa shape index (κ2) is 13.2. The minimum absolute atomic E-state index is 0. The maximum absolute atomic E-state index is 5.98. The first-order chi connectivity index (χ1) is 14.2. The Bertz CT molecular complexity index is 785. The van der Waals surface area contributed by atoms with Crippen LogP contribution in [0.2, 0.25) is 0 Å². The number of nitrogens with one attached hydrogen (secondary N) is 2. The first-order valence-electron chi connectivity index (χ1n) is 10.9. The van der Waals surface area contributed by atoms with Crippen molar-refractivity contribution in [2.24, 2.45) is 4.99 Å². The average Bonchev–Trinajstić information content (AvgIpc) is 3.16. The monoisotopic (exact) mass is 528 g/mol. The van der Waals surface area contributed by atoms with E-state index in [1.54, 1.807) is 7.11 Å². The number of nitrogens with zero attached hydrogens (tertiary/aromatic N) is 2. The molecule has 0 amide bonds. The Labute approximate surface area is 197 Å². The normalized spacial score (nSPS) is 15.4. The quantitative estimate of drug-likeness (QED) is 0.223. The summed E-state index contributed by atoms with van der Waals surface area (Å²) in [6.07, 6.45) is 6.51. The van der Waals surface area contributed by atoms with Gasteiger partial charge >= 0.3 is 0 Å². The number of likely N-dealkylation sites (tertiary alicyclic amines) is 1. The molecule has 6 nitrogen and oxygen atoms in total. The number of ether oxygens (including phenoxy) is 2. The molecule has 1 saturated heterocycles. The van der Waals surface area contributed by atoms with Gasteiger partial charge in [0.2, 0.25) is 0 Å². The summed E-state index contributed by atoms with van der Waals surface area (Å²) in [5, 5.41) is 4.78. The van der Waals surface area contributed by atoms with Crippen molar-refractivity contribution in [3.63, 3.8) is 0 Å². The SMILES string of the molecule is CCNC(=NCCc1c[nH]c2c(C)cccc12)N1CCC(OCCCOC)CC1.I. The summed E-state index contributed by atoms with van der Waals surface area (Å²) in [5.74, 6) is 1.03. The Hall–Kier alpha value is -1.32. The predicted molar refractivity (Wildman–Crippen MR) is 135 cm³/mol. The Morgan fingerprint density at radius 3 is 2.80 bits per heavy atom. The standard InChI is InChI=1S/C23H36N4O2.HI/c1-4-24-23(27-13-10-20(11-14-27)29-16-6-15-28-3)25-12-9-19-17-26-22-18(2)7-5-8-21(19)22;/h5,7-8,17,20,26H,4,6,9-16H2,1-3H3,(H,24,25);1H. The van der Waals surface area contributed by atoms with Gasteiger partial charge in [0.25, 0.3) is 0 Å². The molecular formula is C23H37IN4O2. The lowest BCUT2D eigenvalue weighted by Gasteiger charge is -2.34. The number of aryl methyl sites for hydroxylation is 1. The topological polar surface area (TPSA) is 61.9 Å². The molecule has 0 radical (unpaired) electrons. The van der Waals surface area contributed by atoms with Crippen LogP contribution in [0, 0.1) is 6.92 Å². The summed E-state index contributed by atoms with van der Waals surface area (Å²) < 4.78 is 11.1. The summed E-state index contributed by atoms with van der Waals surface area (Å²) in [6, 6.07) is 6.47. The van der Waals surface area contributed by atoms with Gasteiger partial charge in [-0.1, -0.05) is 18.2 Å². The Morgan fingerprint density at radius 2 is 2.07 bits per heavy atom. The Balaban J connectivity index is 0.00000320. The van der Waals surface area contributed by atoms with Crippen molar-refractivity contribution >= 4 is 40.8 Å². The van der Waals surface area contributed by atoms with E-state index in [9.17, 15) is 0 Å². The van der Waals surface area contributed by atoms with Crippen LogP contribution in [-0.4, -0.2) is 68.4 Å². The third-order valence-corrected chi connectivity index (χ3v) is 5.57. The fourth-order valence-corrected chi connectivity index (χ4v) is 3.97. The zero-order valence-electron chi connectivity index (χ0n) is 18.6. The highest BCUT2D eigenvalue weighted by Gasteiger charge is 2.21. The number of para-hydroxylation sites is 1. The Morgan fingerprint density at radius 1 is 1.27 bits per heavy atom. The first-order valence-corrected chi connectivity index (χ1v) is 10.9. The number of aliphatic imine (C=N–C) groups is 1. The molecule has 0 unspecified atom stereocenters. The van der Waals surface area contributed by atoms with Crippen LogP contribution in [0.1, 0.15) is 37.3 Å². The molecule has 1 aliphatic rings. The lowest BCUT2D eigenvalue weighted by Crippen LogP contribution is -2.47. The van der Waals surface area contributed by atoms with E-state index < -0.39 is 0 Å². The number of hydrogen-bond donors (Lipinski definition) is 2. The lowest BCUT2D eigenvalue weighted by molar-refractivity contribution is 0.00991. The summed E-state index contributed by atoms with van der Waals surface area (Å²) in [4.78, 5) is 10.7. The number of aromatic amines is 1. The summed E-state index contributed by atoms with van der Waals surface area (Å²) in [6.45, 7) is 9.50. The number of benzene rings is 1. The second-order valence-corrected chi connectivity index (χ2v) is 7.70. The number of fused-ring (bicyclic) bond motifs is 1. The van der Waals surface area contributed by atoms with Crippen molar-refractivity contribution < 1.29 is 9.47 Å². The van der Waals surface area contributed by atoms with Gasteiger partial charge in [-0.3, -0.25) is 4.99 Å². The summed E-state index contributed by atoms with van der Waals surface area (Å²) >= 11 is 0. The van der Waals surface area contributed by atoms with E-state index in [1.807, 2.05) is 0 Å². The number of guanidine groups is 1. The van der Waals surface area contributed by atoms with Gasteiger partial charge in [-0.25, -0.2) is 0 Å². The number of H-pyrrole nitrogens is 1. The highest BCUT2D eigenvalue weighted by molar-refractivity contribution is 14.0. The van der Waals surface area contributed by atoms with Gasteiger partial charge in [-0.05, 0) is 50.7 Å². The lowest BCUT2D eigenvalue weighted by atomic mass is 10.1. The van der Waals surface area contributed by atoms with Gasteiger partial charge in [0.15, 0.2) is 5.96 Å². The molecule has 1 fully saturated rings. The molecule has 0 atom stereocenters. The largest absolute Gasteiger partial charge is 0.385 e. The third kappa shape index (κ3) is 6.85. The van der Waals surface area contributed by atoms with Gasteiger partial charge in [0.1, 0.15) is 0 Å². The van der Waals surface area contributed by atoms with Gasteiger partial charge in [0.05, 0.1) is 6.10 Å². The molecule has 7 heteroatoms. The van der Waals surface area contributed by atoms with Crippen molar-refractivity contribution in [2.45, 2.75) is 45.6 Å². The number of hydrogen-bond acceptors (Lipinski definition) is 3. The minimum Gasteiger partial charge on any atom is -0.385 e. The first kappa shape index (κ1) is 24.9. The molecule has 3 rings (SSSR count). The van der Waals surface area contributed by atoms with Gasteiger partial charge < -0.3 is 24.7 Å². The smallest absolute Gasteiger partial charge is 0.193 e. The molecule has 2 aromatic rings. The zero-order chi connectivity index (χ0) is 20.5. The highest BCUT2D eigenvalue weighted by atomic mass is 127. The summed E-state index contributed by atoms with van der Waals surface area (Å²) in [7, 11) is 1.74. The molecular weight excluding hydrogens is 491 g/mol. The molecule has 0 spiro atoms. The van der Waals surface area contributed by atoms with E-state index in [0.717, 1.165) is 71.0 Å². The zero-order valence-corrected chi connectivity index (χ0v) is 20.9. The third-order valence-electron chi connectivity index (χ3n) is 5.57. The molecule has 0 aliphatic carbocycles. The van der Waals surface area contributed by atoms with E-state index in [0.29, 0.717) is 6.10 Å². The molecule has 2 heterocycles. The van der Waals surface area contributed by atoms with Crippen LogP contribution in [0.5, 0.6) is 0 Å². The van der Waals surface area contributed by atoms with Gasteiger partial charge in [-0.2, -0.15) is 0 Å². The predicted octanol–water partition coefficient (Wildman–Crippen LogP) is 4.12. The number of halogens is 1. The Kier molecular flexibility index (Phi) is 11.0. The fourth-order valence-electron chi connectivity index (χ4n) is 3.97. The van der Waals surface area contributed by atoms with Crippen LogP contribution in [0.15, 0.2) is 29.4 Å². The number of methoxy groups -OCH3 is 1. The molecule has 1 aromatic heterocycles. The molecule has 1 aromatic carbocycles. The van der Waals surface area contributed by atoms with E-state index in [4.69, 9.17) is 14.5 Å². The molecule has 30 heavy (non-hydrogen) atoms. The van der Waals surface area contributed by atoms with Gasteiger partial charge in [0, 0.05) is 63.6 Å². The van der Waals surface area contributed by atoms with Crippen molar-refractivity contribution in [2.75, 3.05) is 46.5 Å². The number of rotatable bonds is 9. The van der Waals surface area contributed by atoms with Crippen LogP contribution < -0.4 is 5.32 Å².